The second-order valence-electron chi connectivity index (χ2n) is 8.20. The summed E-state index contributed by atoms with van der Waals surface area (Å²) in [6.45, 7) is 4.30. The van der Waals surface area contributed by atoms with Crippen molar-refractivity contribution in [1.82, 2.24) is 9.97 Å². The van der Waals surface area contributed by atoms with Gasteiger partial charge in [0.2, 0.25) is 6.79 Å². The predicted molar refractivity (Wildman–Crippen MR) is 105 cm³/mol. The topological polar surface area (TPSA) is 96.2 Å². The Labute approximate surface area is 165 Å². The highest BCUT2D eigenvalue weighted by atomic mass is 32.1. The molecule has 0 unspecified atom stereocenters. The highest BCUT2D eigenvalue weighted by Gasteiger charge is 2.42. The molecule has 1 aromatic heterocycles. The summed E-state index contributed by atoms with van der Waals surface area (Å²) >= 11 is 5.15. The molecule has 2 aliphatic heterocycles. The molecule has 2 aromatic rings. The Hall–Kier alpha value is -2.87. The lowest BCUT2D eigenvalue weighted by molar-refractivity contribution is -0.118. The third-order valence-corrected chi connectivity index (χ3v) is 5.69. The van der Waals surface area contributed by atoms with Crippen LogP contribution in [0.3, 0.4) is 0 Å². The van der Waals surface area contributed by atoms with Crippen LogP contribution in [0.2, 0.25) is 0 Å². The minimum absolute atomic E-state index is 0.0499. The van der Waals surface area contributed by atoms with Crippen molar-refractivity contribution in [3.05, 3.63) is 55.7 Å². The Morgan fingerprint density at radius 3 is 2.71 bits per heavy atom. The summed E-state index contributed by atoms with van der Waals surface area (Å²) in [4.78, 5) is 31.7. The monoisotopic (exact) mass is 397 g/mol. The number of rotatable bonds is 1. The quantitative estimate of drug-likeness (QED) is 0.639. The van der Waals surface area contributed by atoms with Crippen LogP contribution in [-0.4, -0.2) is 22.5 Å². The predicted octanol–water partition coefficient (Wildman–Crippen LogP) is 3.36. The van der Waals surface area contributed by atoms with Crippen molar-refractivity contribution in [3.63, 3.8) is 0 Å². The number of hydrogen-bond donors (Lipinski definition) is 3. The molecule has 3 heterocycles. The van der Waals surface area contributed by atoms with E-state index in [1.54, 1.807) is 0 Å². The molecule has 0 bridgehead atoms. The molecule has 0 saturated heterocycles. The second kappa shape index (κ2) is 5.81. The maximum atomic E-state index is 13.2. The molecule has 0 amide bonds. The smallest absolute Gasteiger partial charge is 0.257 e. The zero-order valence-corrected chi connectivity index (χ0v) is 16.3. The minimum atomic E-state index is -0.500. The van der Waals surface area contributed by atoms with Gasteiger partial charge in [-0.2, -0.15) is 0 Å². The van der Waals surface area contributed by atoms with E-state index in [9.17, 15) is 9.59 Å². The molecular formula is C20H19N3O4S. The van der Waals surface area contributed by atoms with Crippen LogP contribution in [0.15, 0.2) is 34.3 Å². The third-order valence-electron chi connectivity index (χ3n) is 5.48. The van der Waals surface area contributed by atoms with Gasteiger partial charge >= 0.3 is 0 Å². The number of aromatic nitrogens is 2. The van der Waals surface area contributed by atoms with Crippen LogP contribution in [0.5, 0.6) is 11.5 Å². The lowest BCUT2D eigenvalue weighted by Crippen LogP contribution is -2.36. The van der Waals surface area contributed by atoms with Gasteiger partial charge in [0.05, 0.1) is 5.56 Å². The molecule has 1 atom stereocenters. The van der Waals surface area contributed by atoms with Gasteiger partial charge in [0.15, 0.2) is 22.1 Å². The fourth-order valence-electron chi connectivity index (χ4n) is 4.37. The van der Waals surface area contributed by atoms with Crippen LogP contribution in [0.25, 0.3) is 0 Å². The summed E-state index contributed by atoms with van der Waals surface area (Å²) in [6.07, 6.45) is 1.15. The molecule has 7 nitrogen and oxygen atoms in total. The number of hydrogen-bond acceptors (Lipinski definition) is 6. The molecule has 3 N–H and O–H groups in total. The van der Waals surface area contributed by atoms with Crippen molar-refractivity contribution in [2.75, 3.05) is 12.1 Å². The van der Waals surface area contributed by atoms with Gasteiger partial charge in [-0.05, 0) is 41.7 Å². The Kier molecular flexibility index (Phi) is 3.58. The summed E-state index contributed by atoms with van der Waals surface area (Å²) in [5, 5.41) is 3.28. The molecule has 1 aliphatic carbocycles. The average molecular weight is 397 g/mol. The SMILES string of the molecule is CC1(C)CC(=O)C2=C(C1)Nc1[nH]c(=S)[nH]c(=O)c1[C@@H]2c1ccc2c(c1)OCO2. The summed E-state index contributed by atoms with van der Waals surface area (Å²) in [5.41, 5.74) is 2.29. The maximum Gasteiger partial charge on any atom is 0.257 e. The van der Waals surface area contributed by atoms with Crippen molar-refractivity contribution >= 4 is 23.8 Å². The van der Waals surface area contributed by atoms with E-state index in [0.29, 0.717) is 41.3 Å². The average Bonchev–Trinajstić information content (AvgIpc) is 3.06. The lowest BCUT2D eigenvalue weighted by Gasteiger charge is -2.38. The van der Waals surface area contributed by atoms with E-state index in [4.69, 9.17) is 21.7 Å². The Balaban J connectivity index is 1.77. The minimum Gasteiger partial charge on any atom is -0.454 e. The first-order valence-electron chi connectivity index (χ1n) is 9.12. The molecule has 5 rings (SSSR count). The Morgan fingerprint density at radius 1 is 1.11 bits per heavy atom. The molecule has 0 spiro atoms. The van der Waals surface area contributed by atoms with Gasteiger partial charge in [-0.25, -0.2) is 0 Å². The van der Waals surface area contributed by atoms with Crippen LogP contribution in [0.1, 0.15) is 43.7 Å². The molecule has 8 heteroatoms. The standard InChI is InChI=1S/C20H19N3O4S/c1-20(2)6-10-15(11(24)7-20)14(9-3-4-12-13(5-9)27-8-26-12)16-17(21-10)22-19(28)23-18(16)25/h3-5,14H,6-8H2,1-2H3,(H3,21,22,23,25,28)/t14-/m1/s1. The number of fused-ring (bicyclic) bond motifs is 2. The van der Waals surface area contributed by atoms with Crippen LogP contribution in [0.4, 0.5) is 5.82 Å². The van der Waals surface area contributed by atoms with Gasteiger partial charge < -0.3 is 19.8 Å². The second-order valence-corrected chi connectivity index (χ2v) is 8.61. The van der Waals surface area contributed by atoms with Gasteiger partial charge in [-0.3, -0.25) is 14.6 Å². The molecule has 0 saturated carbocycles. The van der Waals surface area contributed by atoms with Gasteiger partial charge in [0.1, 0.15) is 5.82 Å². The molecule has 0 radical (unpaired) electrons. The Bertz CT molecular complexity index is 1170. The Morgan fingerprint density at radius 2 is 1.89 bits per heavy atom. The molecule has 28 heavy (non-hydrogen) atoms. The van der Waals surface area contributed by atoms with Crippen LogP contribution < -0.4 is 20.3 Å². The summed E-state index contributed by atoms with van der Waals surface area (Å²) < 4.78 is 11.2. The summed E-state index contributed by atoms with van der Waals surface area (Å²) in [5.74, 6) is 1.36. The van der Waals surface area contributed by atoms with Crippen molar-refractivity contribution in [3.8, 4) is 11.5 Å². The van der Waals surface area contributed by atoms with E-state index in [1.807, 2.05) is 18.2 Å². The number of allylic oxidation sites excluding steroid dienone is 2. The highest BCUT2D eigenvalue weighted by Crippen LogP contribution is 2.48. The van der Waals surface area contributed by atoms with Crippen molar-refractivity contribution in [1.29, 1.82) is 0 Å². The fraction of sp³-hybridized carbons (Fsp3) is 0.350. The summed E-state index contributed by atoms with van der Waals surface area (Å²) in [6, 6.07) is 5.54. The molecule has 144 valence electrons. The van der Waals surface area contributed by atoms with E-state index in [2.05, 4.69) is 29.1 Å². The number of benzene rings is 1. The number of H-pyrrole nitrogens is 2. The van der Waals surface area contributed by atoms with Crippen molar-refractivity contribution in [2.24, 2.45) is 5.41 Å². The first-order valence-corrected chi connectivity index (χ1v) is 9.52. The largest absolute Gasteiger partial charge is 0.454 e. The van der Waals surface area contributed by atoms with E-state index in [0.717, 1.165) is 11.3 Å². The third kappa shape index (κ3) is 2.59. The van der Waals surface area contributed by atoms with Crippen molar-refractivity contribution in [2.45, 2.75) is 32.6 Å². The number of anilines is 1. The number of ketones is 1. The van der Waals surface area contributed by atoms with Crippen LogP contribution in [0, 0.1) is 10.2 Å². The van der Waals surface area contributed by atoms with Gasteiger partial charge in [-0.15, -0.1) is 0 Å². The first-order chi connectivity index (χ1) is 13.3. The van der Waals surface area contributed by atoms with Crippen LogP contribution in [-0.2, 0) is 4.79 Å². The lowest BCUT2D eigenvalue weighted by atomic mass is 9.69. The van der Waals surface area contributed by atoms with Gasteiger partial charge in [-0.1, -0.05) is 19.9 Å². The van der Waals surface area contributed by atoms with Gasteiger partial charge in [0.25, 0.3) is 5.56 Å². The molecule has 1 aromatic carbocycles. The number of carbonyl (C=O) groups excluding carboxylic acids is 1. The molecular weight excluding hydrogens is 378 g/mol. The van der Waals surface area contributed by atoms with E-state index >= 15 is 0 Å². The van der Waals surface area contributed by atoms with E-state index in [-0.39, 0.29) is 28.3 Å². The molecule has 0 fully saturated rings. The first kappa shape index (κ1) is 17.2. The van der Waals surface area contributed by atoms with E-state index < -0.39 is 5.92 Å². The number of Topliss-reactive ketones (excluding diaryl/α,β-unsaturated/α-hetero) is 1. The number of carbonyl (C=O) groups is 1. The fourth-order valence-corrected chi connectivity index (χ4v) is 4.57. The normalized spacial score (nSPS) is 21.8. The van der Waals surface area contributed by atoms with Crippen LogP contribution >= 0.6 is 12.2 Å². The zero-order chi connectivity index (χ0) is 19.6. The zero-order valence-electron chi connectivity index (χ0n) is 15.5. The number of nitrogens with one attached hydrogen (secondary N) is 3. The number of ether oxygens (including phenoxy) is 2. The van der Waals surface area contributed by atoms with Gasteiger partial charge in [0, 0.05) is 23.6 Å². The van der Waals surface area contributed by atoms with E-state index in [1.165, 1.54) is 0 Å². The maximum absolute atomic E-state index is 13.2. The summed E-state index contributed by atoms with van der Waals surface area (Å²) in [7, 11) is 0. The van der Waals surface area contributed by atoms with Crippen molar-refractivity contribution < 1.29 is 14.3 Å². The highest BCUT2D eigenvalue weighted by molar-refractivity contribution is 7.71. The number of aromatic amines is 2. The molecule has 3 aliphatic rings.